The highest BCUT2D eigenvalue weighted by Gasteiger charge is 2.17. The van der Waals surface area contributed by atoms with Gasteiger partial charge in [0.25, 0.3) is 6.43 Å². The van der Waals surface area contributed by atoms with Crippen molar-refractivity contribution in [2.45, 2.75) is 39.7 Å². The zero-order valence-electron chi connectivity index (χ0n) is 12.9. The predicted molar refractivity (Wildman–Crippen MR) is 80.5 cm³/mol. The summed E-state index contributed by atoms with van der Waals surface area (Å²) in [6.45, 7) is 7.53. The molecule has 0 heterocycles. The third-order valence-electron chi connectivity index (χ3n) is 3.39. The van der Waals surface area contributed by atoms with Crippen molar-refractivity contribution in [3.63, 3.8) is 0 Å². The van der Waals surface area contributed by atoms with Crippen LogP contribution in [0.1, 0.15) is 36.1 Å². The summed E-state index contributed by atoms with van der Waals surface area (Å²) in [6, 6.07) is 6.43. The summed E-state index contributed by atoms with van der Waals surface area (Å²) in [5.74, 6) is 0. The molecule has 2 nitrogen and oxygen atoms in total. The van der Waals surface area contributed by atoms with Crippen LogP contribution < -0.4 is 5.32 Å². The summed E-state index contributed by atoms with van der Waals surface area (Å²) in [5, 5.41) is 3.47. The second kappa shape index (κ2) is 8.32. The van der Waals surface area contributed by atoms with E-state index in [1.165, 1.54) is 16.7 Å². The standard InChI is InChI=1S/C16H26F2N2/c1-5-8-19-15(10-20(4)11-16(17)18)14-9-12(2)6-7-13(14)3/h6-7,9,15-16,19H,5,8,10-11H2,1-4H3. The first-order valence-corrected chi connectivity index (χ1v) is 7.21. The molecule has 114 valence electrons. The molecule has 0 bridgehead atoms. The zero-order valence-corrected chi connectivity index (χ0v) is 12.9. The fourth-order valence-corrected chi connectivity index (χ4v) is 2.35. The fraction of sp³-hybridized carbons (Fsp3) is 0.625. The summed E-state index contributed by atoms with van der Waals surface area (Å²) >= 11 is 0. The van der Waals surface area contributed by atoms with Gasteiger partial charge in [-0.15, -0.1) is 0 Å². The predicted octanol–water partition coefficient (Wildman–Crippen LogP) is 3.54. The molecule has 0 spiro atoms. The van der Waals surface area contributed by atoms with Crippen LogP contribution in [0.2, 0.25) is 0 Å². The van der Waals surface area contributed by atoms with Gasteiger partial charge in [0, 0.05) is 12.6 Å². The number of rotatable bonds is 8. The molecule has 1 N–H and O–H groups in total. The van der Waals surface area contributed by atoms with Crippen molar-refractivity contribution in [3.8, 4) is 0 Å². The van der Waals surface area contributed by atoms with Crippen LogP contribution in [0.15, 0.2) is 18.2 Å². The van der Waals surface area contributed by atoms with Gasteiger partial charge < -0.3 is 5.32 Å². The first-order chi connectivity index (χ1) is 9.43. The van der Waals surface area contributed by atoms with Crippen LogP contribution in [0, 0.1) is 13.8 Å². The molecule has 0 fully saturated rings. The second-order valence-corrected chi connectivity index (χ2v) is 5.48. The molecule has 1 rings (SSSR count). The maximum Gasteiger partial charge on any atom is 0.251 e. The van der Waals surface area contributed by atoms with E-state index in [9.17, 15) is 8.78 Å². The molecule has 1 aromatic rings. The number of halogens is 2. The molecule has 0 saturated carbocycles. The van der Waals surface area contributed by atoms with Gasteiger partial charge >= 0.3 is 0 Å². The van der Waals surface area contributed by atoms with E-state index in [1.54, 1.807) is 11.9 Å². The van der Waals surface area contributed by atoms with Gasteiger partial charge in [-0.05, 0) is 45.0 Å². The summed E-state index contributed by atoms with van der Waals surface area (Å²) in [5.41, 5.74) is 3.61. The average Bonchev–Trinajstić information content (AvgIpc) is 2.36. The molecule has 0 aliphatic heterocycles. The van der Waals surface area contributed by atoms with E-state index in [0.29, 0.717) is 6.54 Å². The SMILES string of the molecule is CCCNC(CN(C)CC(F)F)c1cc(C)ccc1C. The van der Waals surface area contributed by atoms with Gasteiger partial charge in [0.2, 0.25) is 0 Å². The van der Waals surface area contributed by atoms with Gasteiger partial charge in [-0.3, -0.25) is 4.90 Å². The Labute approximate surface area is 121 Å². The minimum atomic E-state index is -2.29. The van der Waals surface area contributed by atoms with Gasteiger partial charge in [0.1, 0.15) is 0 Å². The first-order valence-electron chi connectivity index (χ1n) is 7.21. The molecule has 0 aliphatic rings. The van der Waals surface area contributed by atoms with Crippen molar-refractivity contribution < 1.29 is 8.78 Å². The maximum atomic E-state index is 12.5. The Morgan fingerprint density at radius 2 is 1.90 bits per heavy atom. The first kappa shape index (κ1) is 17.1. The Balaban J connectivity index is 2.84. The monoisotopic (exact) mass is 284 g/mol. The van der Waals surface area contributed by atoms with Crippen LogP contribution in [0.3, 0.4) is 0 Å². The lowest BCUT2D eigenvalue weighted by Crippen LogP contribution is -2.36. The number of hydrogen-bond donors (Lipinski definition) is 1. The molecule has 0 amide bonds. The zero-order chi connectivity index (χ0) is 15.1. The highest BCUT2D eigenvalue weighted by Crippen LogP contribution is 2.20. The lowest BCUT2D eigenvalue weighted by molar-refractivity contribution is 0.0958. The highest BCUT2D eigenvalue weighted by atomic mass is 19.3. The van der Waals surface area contributed by atoms with Crippen LogP contribution in [0.5, 0.6) is 0 Å². The third kappa shape index (κ3) is 5.55. The number of nitrogens with zero attached hydrogens (tertiary/aromatic N) is 1. The fourth-order valence-electron chi connectivity index (χ4n) is 2.35. The average molecular weight is 284 g/mol. The molecule has 1 unspecified atom stereocenters. The van der Waals surface area contributed by atoms with Gasteiger partial charge in [-0.25, -0.2) is 8.78 Å². The second-order valence-electron chi connectivity index (χ2n) is 5.48. The van der Waals surface area contributed by atoms with Crippen molar-refractivity contribution in [1.29, 1.82) is 0 Å². The summed E-state index contributed by atoms with van der Waals surface area (Å²) < 4.78 is 24.9. The smallest absolute Gasteiger partial charge is 0.251 e. The van der Waals surface area contributed by atoms with Gasteiger partial charge in [0.15, 0.2) is 0 Å². The topological polar surface area (TPSA) is 15.3 Å². The van der Waals surface area contributed by atoms with Crippen molar-refractivity contribution in [3.05, 3.63) is 34.9 Å². The van der Waals surface area contributed by atoms with Crippen LogP contribution in [0.25, 0.3) is 0 Å². The Kier molecular flexibility index (Phi) is 7.10. The minimum Gasteiger partial charge on any atom is -0.309 e. The molecule has 4 heteroatoms. The number of likely N-dealkylation sites (N-methyl/N-ethyl adjacent to an activating group) is 1. The highest BCUT2D eigenvalue weighted by molar-refractivity contribution is 5.33. The summed E-state index contributed by atoms with van der Waals surface area (Å²) in [7, 11) is 1.75. The molecule has 0 aromatic heterocycles. The van der Waals surface area contributed by atoms with Crippen LogP contribution >= 0.6 is 0 Å². The van der Waals surface area contributed by atoms with E-state index < -0.39 is 6.43 Å². The van der Waals surface area contributed by atoms with Crippen molar-refractivity contribution in [2.24, 2.45) is 0 Å². The van der Waals surface area contributed by atoms with Gasteiger partial charge in [-0.1, -0.05) is 30.7 Å². The Hall–Kier alpha value is -1.00. The van der Waals surface area contributed by atoms with E-state index in [-0.39, 0.29) is 12.6 Å². The van der Waals surface area contributed by atoms with E-state index in [4.69, 9.17) is 0 Å². The number of nitrogens with one attached hydrogen (secondary N) is 1. The minimum absolute atomic E-state index is 0.0959. The normalized spacial score (nSPS) is 13.2. The van der Waals surface area contributed by atoms with E-state index >= 15 is 0 Å². The molecule has 1 atom stereocenters. The van der Waals surface area contributed by atoms with Gasteiger partial charge in [-0.2, -0.15) is 0 Å². The summed E-state index contributed by atoms with van der Waals surface area (Å²) in [6.07, 6.45) is -1.26. The Morgan fingerprint density at radius 1 is 1.20 bits per heavy atom. The van der Waals surface area contributed by atoms with Crippen molar-refractivity contribution >= 4 is 0 Å². The molecule has 20 heavy (non-hydrogen) atoms. The van der Waals surface area contributed by atoms with Crippen LogP contribution in [-0.2, 0) is 0 Å². The van der Waals surface area contributed by atoms with Crippen LogP contribution in [0.4, 0.5) is 8.78 Å². The van der Waals surface area contributed by atoms with E-state index in [0.717, 1.165) is 13.0 Å². The van der Waals surface area contributed by atoms with Crippen LogP contribution in [-0.4, -0.2) is 38.0 Å². The quantitative estimate of drug-likeness (QED) is 0.785. The summed E-state index contributed by atoms with van der Waals surface area (Å²) in [4.78, 5) is 1.69. The maximum absolute atomic E-state index is 12.5. The largest absolute Gasteiger partial charge is 0.309 e. The van der Waals surface area contributed by atoms with E-state index in [1.807, 2.05) is 0 Å². The Morgan fingerprint density at radius 3 is 2.50 bits per heavy atom. The molecule has 0 radical (unpaired) electrons. The van der Waals surface area contributed by atoms with Crippen molar-refractivity contribution in [2.75, 3.05) is 26.7 Å². The number of benzene rings is 1. The lowest BCUT2D eigenvalue weighted by Gasteiger charge is -2.26. The van der Waals surface area contributed by atoms with Gasteiger partial charge in [0.05, 0.1) is 6.54 Å². The molecule has 1 aromatic carbocycles. The number of hydrogen-bond acceptors (Lipinski definition) is 2. The molecule has 0 saturated heterocycles. The third-order valence-corrected chi connectivity index (χ3v) is 3.39. The molecule has 0 aliphatic carbocycles. The van der Waals surface area contributed by atoms with Crippen molar-refractivity contribution in [1.82, 2.24) is 10.2 Å². The molecular weight excluding hydrogens is 258 g/mol. The molecular formula is C16H26F2N2. The van der Waals surface area contributed by atoms with E-state index in [2.05, 4.69) is 44.3 Å². The number of alkyl halides is 2. The Bertz CT molecular complexity index is 407. The number of aryl methyl sites for hydroxylation is 2. The lowest BCUT2D eigenvalue weighted by atomic mass is 9.98.